The van der Waals surface area contributed by atoms with Crippen LogP contribution in [0, 0.1) is 11.3 Å². The summed E-state index contributed by atoms with van der Waals surface area (Å²) >= 11 is 3.29. The zero-order valence-electron chi connectivity index (χ0n) is 12.1. The van der Waals surface area contributed by atoms with Gasteiger partial charge in [-0.1, -0.05) is 40.2 Å². The molecule has 2 amide bonds. The van der Waals surface area contributed by atoms with Crippen LogP contribution in [0.4, 0.5) is 0 Å². The number of halogens is 1. The number of benzene rings is 2. The van der Waals surface area contributed by atoms with Crippen molar-refractivity contribution in [2.45, 2.75) is 12.5 Å². The summed E-state index contributed by atoms with van der Waals surface area (Å²) in [6, 6.07) is 14.9. The molecule has 0 unspecified atom stereocenters. The van der Waals surface area contributed by atoms with E-state index >= 15 is 0 Å². The summed E-state index contributed by atoms with van der Waals surface area (Å²) in [4.78, 5) is 23.9. The Kier molecular flexibility index (Phi) is 5.50. The van der Waals surface area contributed by atoms with Crippen LogP contribution in [0.3, 0.4) is 0 Å². The van der Waals surface area contributed by atoms with Crippen molar-refractivity contribution >= 4 is 27.7 Å². The molecule has 0 radical (unpaired) electrons. The number of nitrogens with zero attached hydrogens (tertiary/aromatic N) is 1. The first-order valence-electron chi connectivity index (χ1n) is 6.85. The summed E-state index contributed by atoms with van der Waals surface area (Å²) in [7, 11) is 0. The molecule has 6 heteroatoms. The standard InChI is InChI=1S/C17H14BrN3O2/c18-14-7-3-6-12(8-14)17(23)21-15(16(20)22)9-11-4-1-2-5-13(11)10-19/h1-8,15H,9H2,(H2,20,22)(H,21,23)/t15-/m0/s1. The molecule has 0 saturated carbocycles. The molecule has 0 aliphatic carbocycles. The largest absolute Gasteiger partial charge is 0.368 e. The molecule has 0 bridgehead atoms. The van der Waals surface area contributed by atoms with Crippen LogP contribution in [0.15, 0.2) is 53.0 Å². The van der Waals surface area contributed by atoms with Crippen LogP contribution >= 0.6 is 15.9 Å². The van der Waals surface area contributed by atoms with Crippen LogP contribution in [-0.2, 0) is 11.2 Å². The van der Waals surface area contributed by atoms with E-state index in [0.29, 0.717) is 16.7 Å². The number of nitrogens with two attached hydrogens (primary N) is 1. The van der Waals surface area contributed by atoms with E-state index in [4.69, 9.17) is 11.0 Å². The Balaban J connectivity index is 2.18. The minimum atomic E-state index is -0.893. The lowest BCUT2D eigenvalue weighted by Gasteiger charge is -2.16. The molecule has 116 valence electrons. The molecule has 2 aromatic carbocycles. The predicted octanol–water partition coefficient (Wildman–Crippen LogP) is 2.15. The molecular formula is C17H14BrN3O2. The Morgan fingerprint density at radius 2 is 1.96 bits per heavy atom. The maximum Gasteiger partial charge on any atom is 0.251 e. The molecule has 0 fully saturated rings. The van der Waals surface area contributed by atoms with Gasteiger partial charge < -0.3 is 11.1 Å². The number of nitrogens with one attached hydrogen (secondary N) is 1. The minimum Gasteiger partial charge on any atom is -0.368 e. The Labute approximate surface area is 142 Å². The number of amides is 2. The molecule has 23 heavy (non-hydrogen) atoms. The average molecular weight is 372 g/mol. The van der Waals surface area contributed by atoms with Gasteiger partial charge in [-0.2, -0.15) is 5.26 Å². The topological polar surface area (TPSA) is 96.0 Å². The number of rotatable bonds is 5. The fraction of sp³-hybridized carbons (Fsp3) is 0.118. The van der Waals surface area contributed by atoms with Crippen LogP contribution in [0.1, 0.15) is 21.5 Å². The number of hydrogen-bond donors (Lipinski definition) is 2. The van der Waals surface area contributed by atoms with E-state index in [2.05, 4.69) is 27.3 Å². The Hall–Kier alpha value is -2.65. The molecule has 2 aromatic rings. The summed E-state index contributed by atoms with van der Waals surface area (Å²) in [5.41, 5.74) is 6.92. The van der Waals surface area contributed by atoms with Crippen molar-refractivity contribution < 1.29 is 9.59 Å². The Morgan fingerprint density at radius 1 is 1.22 bits per heavy atom. The van der Waals surface area contributed by atoms with Gasteiger partial charge in [-0.25, -0.2) is 0 Å². The number of primary amides is 1. The highest BCUT2D eigenvalue weighted by atomic mass is 79.9. The second-order valence-corrected chi connectivity index (χ2v) is 5.83. The van der Waals surface area contributed by atoms with Crippen molar-refractivity contribution in [2.24, 2.45) is 5.73 Å². The van der Waals surface area contributed by atoms with Crippen LogP contribution in [0.2, 0.25) is 0 Å². The highest BCUT2D eigenvalue weighted by Crippen LogP contribution is 2.13. The second kappa shape index (κ2) is 7.56. The fourth-order valence-corrected chi connectivity index (χ4v) is 2.52. The van der Waals surface area contributed by atoms with Crippen LogP contribution in [0.25, 0.3) is 0 Å². The summed E-state index contributed by atoms with van der Waals surface area (Å²) in [5, 5.41) is 11.7. The van der Waals surface area contributed by atoms with Gasteiger partial charge >= 0.3 is 0 Å². The molecule has 0 aliphatic rings. The first-order chi connectivity index (χ1) is 11.0. The van der Waals surface area contributed by atoms with Crippen molar-refractivity contribution in [1.29, 1.82) is 5.26 Å². The molecule has 0 aliphatic heterocycles. The van der Waals surface area contributed by atoms with Crippen molar-refractivity contribution in [3.05, 3.63) is 69.7 Å². The van der Waals surface area contributed by atoms with Crippen LogP contribution < -0.4 is 11.1 Å². The lowest BCUT2D eigenvalue weighted by atomic mass is 10.00. The number of hydrogen-bond acceptors (Lipinski definition) is 3. The molecule has 5 nitrogen and oxygen atoms in total. The smallest absolute Gasteiger partial charge is 0.251 e. The third kappa shape index (κ3) is 4.41. The lowest BCUT2D eigenvalue weighted by Crippen LogP contribution is -2.46. The minimum absolute atomic E-state index is 0.165. The van der Waals surface area contributed by atoms with E-state index in [-0.39, 0.29) is 6.42 Å². The number of nitriles is 1. The molecule has 0 saturated heterocycles. The van der Waals surface area contributed by atoms with E-state index in [0.717, 1.165) is 4.47 Å². The SMILES string of the molecule is N#Cc1ccccc1C[C@H](NC(=O)c1cccc(Br)c1)C(N)=O. The Morgan fingerprint density at radius 3 is 2.61 bits per heavy atom. The van der Waals surface area contributed by atoms with Crippen LogP contribution in [-0.4, -0.2) is 17.9 Å². The third-order valence-corrected chi connectivity index (χ3v) is 3.79. The highest BCUT2D eigenvalue weighted by molar-refractivity contribution is 9.10. The maximum atomic E-state index is 12.3. The molecule has 0 heterocycles. The second-order valence-electron chi connectivity index (χ2n) is 4.91. The summed E-state index contributed by atoms with van der Waals surface area (Å²) in [5.74, 6) is -1.05. The summed E-state index contributed by atoms with van der Waals surface area (Å²) in [6.45, 7) is 0. The molecule has 3 N–H and O–H groups in total. The van der Waals surface area contributed by atoms with Gasteiger partial charge in [0, 0.05) is 16.5 Å². The van der Waals surface area contributed by atoms with Gasteiger partial charge in [0.2, 0.25) is 5.91 Å². The average Bonchev–Trinajstić information content (AvgIpc) is 2.54. The summed E-state index contributed by atoms with van der Waals surface area (Å²) in [6.07, 6.45) is 0.165. The van der Waals surface area contributed by atoms with Crippen molar-refractivity contribution in [2.75, 3.05) is 0 Å². The predicted molar refractivity (Wildman–Crippen MR) is 89.5 cm³/mol. The first kappa shape index (κ1) is 16.7. The lowest BCUT2D eigenvalue weighted by molar-refractivity contribution is -0.119. The monoisotopic (exact) mass is 371 g/mol. The molecule has 1 atom stereocenters. The summed E-state index contributed by atoms with van der Waals surface area (Å²) < 4.78 is 0.760. The van der Waals surface area contributed by atoms with E-state index in [1.165, 1.54) is 0 Å². The molecular weight excluding hydrogens is 358 g/mol. The van der Waals surface area contributed by atoms with Gasteiger partial charge in [0.05, 0.1) is 11.6 Å². The van der Waals surface area contributed by atoms with E-state index < -0.39 is 17.9 Å². The van der Waals surface area contributed by atoms with E-state index in [1.54, 1.807) is 48.5 Å². The zero-order chi connectivity index (χ0) is 16.8. The maximum absolute atomic E-state index is 12.3. The Bertz CT molecular complexity index is 783. The van der Waals surface area contributed by atoms with Gasteiger partial charge in [0.1, 0.15) is 6.04 Å². The first-order valence-corrected chi connectivity index (χ1v) is 7.64. The van der Waals surface area contributed by atoms with E-state index in [9.17, 15) is 9.59 Å². The molecule has 0 aromatic heterocycles. The highest BCUT2D eigenvalue weighted by Gasteiger charge is 2.20. The van der Waals surface area contributed by atoms with Gasteiger partial charge in [0.15, 0.2) is 0 Å². The van der Waals surface area contributed by atoms with Crippen LogP contribution in [0.5, 0.6) is 0 Å². The van der Waals surface area contributed by atoms with Gasteiger partial charge in [-0.3, -0.25) is 9.59 Å². The van der Waals surface area contributed by atoms with Gasteiger partial charge in [0.25, 0.3) is 5.91 Å². The van der Waals surface area contributed by atoms with Gasteiger partial charge in [-0.05, 0) is 29.8 Å². The number of carbonyl (C=O) groups is 2. The van der Waals surface area contributed by atoms with Crippen molar-refractivity contribution in [3.8, 4) is 6.07 Å². The van der Waals surface area contributed by atoms with E-state index in [1.807, 2.05) is 0 Å². The normalized spacial score (nSPS) is 11.3. The zero-order valence-corrected chi connectivity index (χ0v) is 13.7. The quantitative estimate of drug-likeness (QED) is 0.842. The van der Waals surface area contributed by atoms with Crippen molar-refractivity contribution in [3.63, 3.8) is 0 Å². The molecule has 0 spiro atoms. The van der Waals surface area contributed by atoms with Gasteiger partial charge in [-0.15, -0.1) is 0 Å². The van der Waals surface area contributed by atoms with Crippen molar-refractivity contribution in [1.82, 2.24) is 5.32 Å². The number of carbonyl (C=O) groups excluding carboxylic acids is 2. The fourth-order valence-electron chi connectivity index (χ4n) is 2.12. The molecule has 2 rings (SSSR count). The third-order valence-electron chi connectivity index (χ3n) is 3.30.